The third kappa shape index (κ3) is 5.58. The maximum Gasteiger partial charge on any atom is 0.261 e. The number of aromatic nitrogens is 4. The van der Waals surface area contributed by atoms with Gasteiger partial charge < -0.3 is 24.3 Å². The molecule has 1 amide bonds. The Morgan fingerprint density at radius 2 is 1.51 bits per heavy atom. The number of aliphatic hydroxyl groups excluding tert-OH is 1. The highest BCUT2D eigenvalue weighted by Gasteiger charge is 2.56. The summed E-state index contributed by atoms with van der Waals surface area (Å²) in [4.78, 5) is 26.2. The van der Waals surface area contributed by atoms with E-state index in [2.05, 4.69) is 65.3 Å². The van der Waals surface area contributed by atoms with Crippen LogP contribution >= 0.6 is 0 Å². The molecular formula is C34H37N5O5Si. The first-order chi connectivity index (χ1) is 21.8. The number of hydrogen-bond donors (Lipinski definition) is 2. The summed E-state index contributed by atoms with van der Waals surface area (Å²) in [5.41, 5.74) is 1.34. The molecule has 232 valence electrons. The number of amides is 1. The van der Waals surface area contributed by atoms with Crippen LogP contribution in [0, 0.1) is 0 Å². The second-order valence-electron chi connectivity index (χ2n) is 12.1. The van der Waals surface area contributed by atoms with E-state index in [-0.39, 0.29) is 23.4 Å². The van der Waals surface area contributed by atoms with Crippen molar-refractivity contribution in [2.45, 2.75) is 50.3 Å². The highest BCUT2D eigenvalue weighted by molar-refractivity contribution is 6.99. The van der Waals surface area contributed by atoms with Crippen molar-refractivity contribution in [3.63, 3.8) is 0 Å². The van der Waals surface area contributed by atoms with Gasteiger partial charge in [0, 0.05) is 12.7 Å². The first-order valence-electron chi connectivity index (χ1n) is 14.9. The molecule has 5 aromatic rings. The van der Waals surface area contributed by atoms with Crippen LogP contribution in [0.1, 0.15) is 37.4 Å². The number of anilines is 1. The Hall–Kier alpha value is -4.26. The summed E-state index contributed by atoms with van der Waals surface area (Å²) in [6, 6.07) is 29.5. The fourth-order valence-corrected chi connectivity index (χ4v) is 11.0. The van der Waals surface area contributed by atoms with E-state index < -0.39 is 32.9 Å². The molecule has 3 aromatic carbocycles. The summed E-state index contributed by atoms with van der Waals surface area (Å²) in [5.74, 6) is -0.0328. The third-order valence-electron chi connectivity index (χ3n) is 8.37. The molecular weight excluding hydrogens is 586 g/mol. The standard InChI is InChI=1S/C34H37N5O5Si/c1-34(2,3)45(24-16-10-6-11-17-24,25-18-12-7-13-19-25)44-28-26(20-40)43-33(29(28)42-4)39-22-37-27-30(35-21-36-31(27)39)38-32(41)23-14-8-5-9-15-23/h5-19,21-22,26,28-29,33,40H,20H2,1-4H3,(H,35,36,38,41)/t26-,28-,29-,33-/m1/s1. The molecule has 2 aromatic heterocycles. The molecule has 0 radical (unpaired) electrons. The van der Waals surface area contributed by atoms with Crippen LogP contribution in [0.3, 0.4) is 0 Å². The van der Waals surface area contributed by atoms with Crippen LogP contribution in [0.2, 0.25) is 5.04 Å². The molecule has 6 rings (SSSR count). The molecule has 3 heterocycles. The number of ether oxygens (including phenoxy) is 2. The quantitative estimate of drug-likeness (QED) is 0.237. The van der Waals surface area contributed by atoms with Gasteiger partial charge in [-0.1, -0.05) is 99.6 Å². The Morgan fingerprint density at radius 3 is 2.07 bits per heavy atom. The van der Waals surface area contributed by atoms with Gasteiger partial charge in [-0.25, -0.2) is 15.0 Å². The van der Waals surface area contributed by atoms with E-state index >= 15 is 0 Å². The minimum atomic E-state index is -3.03. The number of aliphatic hydroxyl groups is 1. The zero-order valence-electron chi connectivity index (χ0n) is 25.7. The molecule has 11 heteroatoms. The van der Waals surface area contributed by atoms with E-state index in [0.717, 1.165) is 10.4 Å². The molecule has 0 unspecified atom stereocenters. The summed E-state index contributed by atoms with van der Waals surface area (Å²) in [6.07, 6.45) is 0.281. The number of hydrogen-bond acceptors (Lipinski definition) is 8. The summed E-state index contributed by atoms with van der Waals surface area (Å²) in [5, 5.41) is 15.4. The van der Waals surface area contributed by atoms with Crippen LogP contribution < -0.4 is 15.7 Å². The number of benzene rings is 3. The van der Waals surface area contributed by atoms with Gasteiger partial charge in [0.1, 0.15) is 24.6 Å². The summed E-state index contributed by atoms with van der Waals surface area (Å²) in [6.45, 7) is 6.33. The van der Waals surface area contributed by atoms with Crippen LogP contribution in [0.25, 0.3) is 11.2 Å². The smallest absolute Gasteiger partial charge is 0.261 e. The van der Waals surface area contributed by atoms with Gasteiger partial charge in [0.25, 0.3) is 14.2 Å². The van der Waals surface area contributed by atoms with Crippen LogP contribution in [0.15, 0.2) is 104 Å². The van der Waals surface area contributed by atoms with Crippen LogP contribution in [0.4, 0.5) is 5.82 Å². The fourth-order valence-electron chi connectivity index (χ4n) is 6.27. The Bertz CT molecular complexity index is 1710. The van der Waals surface area contributed by atoms with Gasteiger partial charge in [-0.05, 0) is 27.5 Å². The minimum Gasteiger partial charge on any atom is -0.399 e. The number of nitrogens with zero attached hydrogens (tertiary/aromatic N) is 4. The normalized spacial score (nSPS) is 20.4. The average Bonchev–Trinajstić information content (AvgIpc) is 3.65. The molecule has 10 nitrogen and oxygen atoms in total. The lowest BCUT2D eigenvalue weighted by Gasteiger charge is -2.45. The maximum atomic E-state index is 12.9. The largest absolute Gasteiger partial charge is 0.399 e. The average molecular weight is 624 g/mol. The molecule has 2 N–H and O–H groups in total. The minimum absolute atomic E-state index is 0.276. The SMILES string of the molecule is CO[C@@H]1[C@H](O[Si](c2ccccc2)(c2ccccc2)C(C)(C)C)[C@@H](CO)O[C@H]1n1cnc2c(NC(=O)c3ccccc3)ncnc21. The van der Waals surface area contributed by atoms with Crippen molar-refractivity contribution in [3.05, 3.63) is 109 Å². The molecule has 45 heavy (non-hydrogen) atoms. The van der Waals surface area contributed by atoms with Crippen molar-refractivity contribution in [3.8, 4) is 0 Å². The van der Waals surface area contributed by atoms with E-state index in [1.807, 2.05) is 42.5 Å². The van der Waals surface area contributed by atoms with E-state index in [1.165, 1.54) is 6.33 Å². The summed E-state index contributed by atoms with van der Waals surface area (Å²) in [7, 11) is -1.41. The van der Waals surface area contributed by atoms with Crippen molar-refractivity contribution >= 4 is 41.6 Å². The van der Waals surface area contributed by atoms with Crippen molar-refractivity contribution in [1.29, 1.82) is 0 Å². The first kappa shape index (κ1) is 30.7. The zero-order valence-corrected chi connectivity index (χ0v) is 26.7. The lowest BCUT2D eigenvalue weighted by molar-refractivity contribution is -0.0583. The van der Waals surface area contributed by atoms with Crippen molar-refractivity contribution in [2.24, 2.45) is 0 Å². The van der Waals surface area contributed by atoms with Crippen LogP contribution in [-0.4, -0.2) is 70.9 Å². The Kier molecular flexibility index (Phi) is 8.62. The number of nitrogens with one attached hydrogen (secondary N) is 1. The van der Waals surface area contributed by atoms with Gasteiger partial charge in [0.15, 0.2) is 23.2 Å². The van der Waals surface area contributed by atoms with Crippen molar-refractivity contribution in [1.82, 2.24) is 19.5 Å². The number of carbonyl (C=O) groups excluding carboxylic acids is 1. The van der Waals surface area contributed by atoms with Crippen LogP contribution in [-0.2, 0) is 13.9 Å². The number of rotatable bonds is 9. The van der Waals surface area contributed by atoms with E-state index in [9.17, 15) is 9.90 Å². The number of fused-ring (bicyclic) bond motifs is 1. The lowest BCUT2D eigenvalue weighted by Crippen LogP contribution is -2.69. The van der Waals surface area contributed by atoms with Crippen molar-refractivity contribution in [2.75, 3.05) is 19.0 Å². The van der Waals surface area contributed by atoms with E-state index in [4.69, 9.17) is 13.9 Å². The summed E-state index contributed by atoms with van der Waals surface area (Å²) >= 11 is 0. The molecule has 0 spiro atoms. The third-order valence-corrected chi connectivity index (χ3v) is 13.4. The van der Waals surface area contributed by atoms with Gasteiger partial charge in [-0.3, -0.25) is 9.36 Å². The Morgan fingerprint density at radius 1 is 0.911 bits per heavy atom. The van der Waals surface area contributed by atoms with Gasteiger partial charge in [-0.15, -0.1) is 0 Å². The number of methoxy groups -OCH3 is 1. The number of carbonyl (C=O) groups is 1. The Balaban J connectivity index is 1.39. The maximum absolute atomic E-state index is 12.9. The second kappa shape index (κ2) is 12.6. The predicted octanol–water partition coefficient (Wildman–Crippen LogP) is 3.93. The van der Waals surface area contributed by atoms with Crippen molar-refractivity contribution < 1.29 is 23.8 Å². The number of imidazole rings is 1. The zero-order chi connectivity index (χ0) is 31.6. The lowest BCUT2D eigenvalue weighted by atomic mass is 10.1. The summed E-state index contributed by atoms with van der Waals surface area (Å²) < 4.78 is 21.8. The molecule has 1 fully saturated rings. The Labute approximate surface area is 263 Å². The molecule has 1 saturated heterocycles. The molecule has 1 aliphatic rings. The second-order valence-corrected chi connectivity index (χ2v) is 16.3. The molecule has 1 aliphatic heterocycles. The van der Waals surface area contributed by atoms with Gasteiger partial charge in [0.2, 0.25) is 0 Å². The monoisotopic (exact) mass is 623 g/mol. The molecule has 0 bridgehead atoms. The van der Waals surface area contributed by atoms with E-state index in [1.54, 1.807) is 42.3 Å². The highest BCUT2D eigenvalue weighted by atomic mass is 28.4. The fraction of sp³-hybridized carbons (Fsp3) is 0.294. The predicted molar refractivity (Wildman–Crippen MR) is 174 cm³/mol. The van der Waals surface area contributed by atoms with Gasteiger partial charge >= 0.3 is 0 Å². The molecule has 4 atom stereocenters. The van der Waals surface area contributed by atoms with Gasteiger partial charge in [-0.2, -0.15) is 0 Å². The van der Waals surface area contributed by atoms with Gasteiger partial charge in [0.05, 0.1) is 12.9 Å². The first-order valence-corrected chi connectivity index (χ1v) is 16.8. The van der Waals surface area contributed by atoms with Crippen LogP contribution in [0.5, 0.6) is 0 Å². The van der Waals surface area contributed by atoms with E-state index in [0.29, 0.717) is 16.7 Å². The highest BCUT2D eigenvalue weighted by Crippen LogP contribution is 2.42. The molecule has 0 aliphatic carbocycles. The topological polar surface area (TPSA) is 121 Å². The molecule has 0 saturated carbocycles.